The highest BCUT2D eigenvalue weighted by Gasteiger charge is 2.27. The Morgan fingerprint density at radius 3 is 2.58 bits per heavy atom. The molecule has 0 aliphatic carbocycles. The predicted molar refractivity (Wildman–Crippen MR) is 119 cm³/mol. The number of hydrogen-bond acceptors (Lipinski definition) is 5. The van der Waals surface area contributed by atoms with E-state index in [1.807, 2.05) is 39.0 Å². The predicted octanol–water partition coefficient (Wildman–Crippen LogP) is 3.15. The summed E-state index contributed by atoms with van der Waals surface area (Å²) < 4.78 is 3.11. The van der Waals surface area contributed by atoms with Gasteiger partial charge in [0, 0.05) is 17.7 Å². The Bertz CT molecular complexity index is 1320. The average molecular weight is 417 g/mol. The topological polar surface area (TPSA) is 106 Å². The van der Waals surface area contributed by atoms with Crippen LogP contribution in [-0.2, 0) is 10.2 Å². The largest absolute Gasteiger partial charge is 0.305 e. The molecule has 31 heavy (non-hydrogen) atoms. The third kappa shape index (κ3) is 3.58. The monoisotopic (exact) mass is 417 g/mol. The summed E-state index contributed by atoms with van der Waals surface area (Å²) in [6.45, 7) is 13.2. The van der Waals surface area contributed by atoms with Gasteiger partial charge in [0.05, 0.1) is 22.7 Å². The highest BCUT2D eigenvalue weighted by Crippen LogP contribution is 2.25. The molecule has 0 spiro atoms. The maximum Gasteiger partial charge on any atom is 0.281 e. The van der Waals surface area contributed by atoms with Gasteiger partial charge in [-0.05, 0) is 26.0 Å². The summed E-state index contributed by atoms with van der Waals surface area (Å²) in [5.74, 6) is -0.401. The van der Waals surface area contributed by atoms with Crippen molar-refractivity contribution in [3.8, 4) is 0 Å². The molecule has 9 nitrogen and oxygen atoms in total. The number of aryl methyl sites for hydroxylation is 1. The van der Waals surface area contributed by atoms with Crippen LogP contribution >= 0.6 is 0 Å². The fourth-order valence-corrected chi connectivity index (χ4v) is 3.20. The van der Waals surface area contributed by atoms with Gasteiger partial charge in [0.2, 0.25) is 0 Å². The smallest absolute Gasteiger partial charge is 0.281 e. The lowest BCUT2D eigenvalue weighted by molar-refractivity contribution is -0.113. The van der Waals surface area contributed by atoms with E-state index in [0.29, 0.717) is 34.3 Å². The summed E-state index contributed by atoms with van der Waals surface area (Å²) in [7, 11) is 0. The highest BCUT2D eigenvalue weighted by molar-refractivity contribution is 6.28. The molecule has 3 aromatic heterocycles. The van der Waals surface area contributed by atoms with Crippen molar-refractivity contribution < 1.29 is 9.59 Å². The summed E-state index contributed by atoms with van der Waals surface area (Å²) in [5, 5.41) is 7.47. The van der Waals surface area contributed by atoms with E-state index in [1.165, 1.54) is 4.68 Å². The molecular formula is C22H23N7O2. The summed E-state index contributed by atoms with van der Waals surface area (Å²) in [6.07, 6.45) is 1.78. The number of fused-ring (bicyclic) bond motifs is 1. The van der Waals surface area contributed by atoms with Gasteiger partial charge in [-0.3, -0.25) is 14.0 Å². The van der Waals surface area contributed by atoms with Crippen molar-refractivity contribution in [1.29, 1.82) is 0 Å². The molecule has 0 atom stereocenters. The number of carbonyl (C=O) groups is 2. The molecule has 2 amide bonds. The molecule has 0 saturated carbocycles. The minimum Gasteiger partial charge on any atom is -0.305 e. The molecule has 0 fully saturated rings. The minimum absolute atomic E-state index is 0.0792. The number of anilines is 1. The van der Waals surface area contributed by atoms with Crippen LogP contribution in [0.25, 0.3) is 5.65 Å². The standard InChI is InChI=1S/C22H23N7O2/c1-12-13(2)24-21(26-19(12)30)29-17(11-15(27-29)22(4,5)6)25-20(31)18-14(3)23-16-9-7-8-10-28(16)18/h7-11H,1H2,2-6H3,(H,25,31). The second-order valence-corrected chi connectivity index (χ2v) is 8.40. The molecule has 4 rings (SSSR count). The number of imidazole rings is 1. The second kappa shape index (κ2) is 7.12. The number of amides is 2. The van der Waals surface area contributed by atoms with Crippen LogP contribution in [0.2, 0.25) is 0 Å². The molecule has 0 unspecified atom stereocenters. The molecule has 0 saturated heterocycles. The van der Waals surface area contributed by atoms with Crippen LogP contribution < -0.4 is 5.32 Å². The van der Waals surface area contributed by atoms with Gasteiger partial charge in [0.25, 0.3) is 17.8 Å². The summed E-state index contributed by atoms with van der Waals surface area (Å²) in [5.41, 5.74) is 2.79. The zero-order valence-electron chi connectivity index (χ0n) is 18.1. The van der Waals surface area contributed by atoms with Crippen molar-refractivity contribution in [2.75, 3.05) is 5.32 Å². The third-order valence-corrected chi connectivity index (χ3v) is 4.99. The van der Waals surface area contributed by atoms with Gasteiger partial charge < -0.3 is 5.32 Å². The van der Waals surface area contributed by atoms with Gasteiger partial charge in [0.15, 0.2) is 0 Å². The Labute approximate surface area is 179 Å². The molecule has 1 N–H and O–H groups in total. The van der Waals surface area contributed by atoms with Crippen molar-refractivity contribution in [3.63, 3.8) is 0 Å². The summed E-state index contributed by atoms with van der Waals surface area (Å²) >= 11 is 0. The number of aromatic nitrogens is 4. The number of pyridine rings is 1. The number of hydrogen-bond donors (Lipinski definition) is 1. The second-order valence-electron chi connectivity index (χ2n) is 8.40. The van der Waals surface area contributed by atoms with Gasteiger partial charge >= 0.3 is 0 Å². The van der Waals surface area contributed by atoms with Gasteiger partial charge in [0.1, 0.15) is 17.2 Å². The third-order valence-electron chi connectivity index (χ3n) is 4.99. The molecule has 158 valence electrons. The first-order chi connectivity index (χ1) is 14.6. The van der Waals surface area contributed by atoms with E-state index in [1.54, 1.807) is 30.5 Å². The fourth-order valence-electron chi connectivity index (χ4n) is 3.20. The number of aliphatic imine (C=N–C) groups is 2. The Hall–Kier alpha value is -3.88. The summed E-state index contributed by atoms with van der Waals surface area (Å²) in [4.78, 5) is 38.2. The highest BCUT2D eigenvalue weighted by atomic mass is 16.2. The number of rotatable bonds is 2. The quantitative estimate of drug-likeness (QED) is 0.647. The zero-order valence-corrected chi connectivity index (χ0v) is 18.1. The summed E-state index contributed by atoms with van der Waals surface area (Å²) in [6, 6.07) is 7.29. The Morgan fingerprint density at radius 2 is 1.90 bits per heavy atom. The normalized spacial score (nSPS) is 14.6. The molecule has 1 aliphatic rings. The van der Waals surface area contributed by atoms with Gasteiger partial charge in [-0.25, -0.2) is 9.98 Å². The lowest BCUT2D eigenvalue weighted by atomic mass is 9.92. The molecule has 3 aromatic rings. The fraction of sp³-hybridized carbons (Fsp3) is 0.273. The van der Waals surface area contributed by atoms with Crippen molar-refractivity contribution in [2.24, 2.45) is 9.98 Å². The number of carbonyl (C=O) groups excluding carboxylic acids is 2. The van der Waals surface area contributed by atoms with E-state index >= 15 is 0 Å². The van der Waals surface area contributed by atoms with E-state index in [4.69, 9.17) is 0 Å². The van der Waals surface area contributed by atoms with Crippen LogP contribution in [0, 0.1) is 6.92 Å². The van der Waals surface area contributed by atoms with E-state index in [2.05, 4.69) is 32.0 Å². The van der Waals surface area contributed by atoms with Crippen LogP contribution in [0.5, 0.6) is 0 Å². The van der Waals surface area contributed by atoms with Crippen LogP contribution in [0.4, 0.5) is 5.82 Å². The first kappa shape index (κ1) is 20.4. The molecule has 0 radical (unpaired) electrons. The van der Waals surface area contributed by atoms with Crippen molar-refractivity contribution in [2.45, 2.75) is 40.0 Å². The van der Waals surface area contributed by atoms with E-state index in [9.17, 15) is 9.59 Å². The minimum atomic E-state index is -0.481. The first-order valence-electron chi connectivity index (χ1n) is 9.80. The Morgan fingerprint density at radius 1 is 1.16 bits per heavy atom. The Balaban J connectivity index is 1.79. The lowest BCUT2D eigenvalue weighted by Crippen LogP contribution is -2.26. The number of nitrogens with one attached hydrogen (secondary N) is 1. The molecule has 0 aromatic carbocycles. The maximum atomic E-state index is 13.2. The van der Waals surface area contributed by atoms with Crippen LogP contribution in [0.15, 0.2) is 52.6 Å². The lowest BCUT2D eigenvalue weighted by Gasteiger charge is -2.14. The molecule has 1 aliphatic heterocycles. The number of nitrogens with zero attached hydrogens (tertiary/aromatic N) is 6. The Kier molecular flexibility index (Phi) is 4.68. The van der Waals surface area contributed by atoms with Gasteiger partial charge in [-0.1, -0.05) is 33.4 Å². The zero-order chi connectivity index (χ0) is 22.5. The SMILES string of the molecule is C=C1C(=O)N=C(n2nc(C(C)(C)C)cc2NC(=O)c2c(C)nc3ccccn23)N=C1C. The molecular weight excluding hydrogens is 394 g/mol. The first-order valence-corrected chi connectivity index (χ1v) is 9.80. The van der Waals surface area contributed by atoms with Crippen LogP contribution in [0.3, 0.4) is 0 Å². The van der Waals surface area contributed by atoms with Crippen molar-refractivity contribution >= 4 is 35.0 Å². The van der Waals surface area contributed by atoms with Gasteiger partial charge in [-0.2, -0.15) is 14.8 Å². The van der Waals surface area contributed by atoms with Gasteiger partial charge in [-0.15, -0.1) is 0 Å². The van der Waals surface area contributed by atoms with Crippen LogP contribution in [-0.4, -0.2) is 42.7 Å². The molecule has 9 heteroatoms. The van der Waals surface area contributed by atoms with Crippen LogP contribution in [0.1, 0.15) is 49.6 Å². The van der Waals surface area contributed by atoms with E-state index < -0.39 is 5.91 Å². The average Bonchev–Trinajstić information content (AvgIpc) is 3.25. The van der Waals surface area contributed by atoms with E-state index in [0.717, 1.165) is 0 Å². The van der Waals surface area contributed by atoms with Crippen molar-refractivity contribution in [3.05, 3.63) is 59.7 Å². The molecule has 0 bridgehead atoms. The van der Waals surface area contributed by atoms with Crippen molar-refractivity contribution in [1.82, 2.24) is 19.2 Å². The van der Waals surface area contributed by atoms with E-state index in [-0.39, 0.29) is 22.9 Å². The maximum absolute atomic E-state index is 13.2. The molecule has 4 heterocycles.